The summed E-state index contributed by atoms with van der Waals surface area (Å²) in [6.07, 6.45) is 7.34. The first-order valence-electron chi connectivity index (χ1n) is 9.43. The Morgan fingerprint density at radius 1 is 1.03 bits per heavy atom. The number of allylic oxidation sites excluding steroid dienone is 1. The fraction of sp³-hybridized carbons (Fsp3) is 0.238. The molecule has 2 aromatic carbocycles. The van der Waals surface area contributed by atoms with Crippen molar-refractivity contribution >= 4 is 29.6 Å². The molecular weight excluding hydrogens is 388 g/mol. The molecule has 9 nitrogen and oxygen atoms in total. The van der Waals surface area contributed by atoms with Crippen LogP contribution in [0.5, 0.6) is 0 Å². The monoisotopic (exact) mass is 410 g/mol. The first-order valence-corrected chi connectivity index (χ1v) is 9.43. The number of carbonyl (C=O) groups is 1. The van der Waals surface area contributed by atoms with Gasteiger partial charge in [0.1, 0.15) is 0 Å². The van der Waals surface area contributed by atoms with Crippen LogP contribution in [-0.4, -0.2) is 22.0 Å². The van der Waals surface area contributed by atoms with Gasteiger partial charge in [-0.1, -0.05) is 56.2 Å². The third-order valence-corrected chi connectivity index (χ3v) is 4.20. The van der Waals surface area contributed by atoms with E-state index in [1.165, 1.54) is 6.21 Å². The van der Waals surface area contributed by atoms with Gasteiger partial charge in [-0.2, -0.15) is 5.10 Å². The lowest BCUT2D eigenvalue weighted by molar-refractivity contribution is -0.394. The van der Waals surface area contributed by atoms with Crippen molar-refractivity contribution < 1.29 is 14.6 Å². The SMILES string of the molecule is CCCCCC(=C/c1ccccc1)/C=N/NC(=O)c1cc([N+](=O)[O-])cc([N+](=O)[O-])c1. The van der Waals surface area contributed by atoms with E-state index in [1.54, 1.807) is 0 Å². The van der Waals surface area contributed by atoms with Crippen molar-refractivity contribution in [3.8, 4) is 0 Å². The lowest BCUT2D eigenvalue weighted by Gasteiger charge is -2.04. The molecule has 0 saturated heterocycles. The van der Waals surface area contributed by atoms with Gasteiger partial charge in [-0.15, -0.1) is 0 Å². The molecule has 2 rings (SSSR count). The molecule has 0 spiro atoms. The van der Waals surface area contributed by atoms with Crippen LogP contribution in [0.2, 0.25) is 0 Å². The minimum absolute atomic E-state index is 0.215. The van der Waals surface area contributed by atoms with Gasteiger partial charge in [0, 0.05) is 12.1 Å². The Morgan fingerprint density at radius 2 is 1.67 bits per heavy atom. The van der Waals surface area contributed by atoms with Gasteiger partial charge >= 0.3 is 0 Å². The van der Waals surface area contributed by atoms with E-state index in [-0.39, 0.29) is 5.56 Å². The maximum atomic E-state index is 12.3. The lowest BCUT2D eigenvalue weighted by Crippen LogP contribution is -2.18. The largest absolute Gasteiger partial charge is 0.277 e. The van der Waals surface area contributed by atoms with Gasteiger partial charge in [0.2, 0.25) is 0 Å². The van der Waals surface area contributed by atoms with Crippen molar-refractivity contribution in [3.63, 3.8) is 0 Å². The highest BCUT2D eigenvalue weighted by atomic mass is 16.6. The normalized spacial score (nSPS) is 11.4. The first kappa shape index (κ1) is 22.4. The Balaban J connectivity index is 2.17. The van der Waals surface area contributed by atoms with Crippen LogP contribution >= 0.6 is 0 Å². The van der Waals surface area contributed by atoms with Gasteiger partial charge in [0.05, 0.1) is 27.7 Å². The van der Waals surface area contributed by atoms with Gasteiger partial charge in [-0.05, 0) is 24.0 Å². The van der Waals surface area contributed by atoms with E-state index < -0.39 is 27.1 Å². The van der Waals surface area contributed by atoms with Crippen molar-refractivity contribution in [1.82, 2.24) is 5.43 Å². The van der Waals surface area contributed by atoms with E-state index in [4.69, 9.17) is 0 Å². The van der Waals surface area contributed by atoms with Gasteiger partial charge < -0.3 is 0 Å². The third kappa shape index (κ3) is 6.93. The number of nitrogens with zero attached hydrogens (tertiary/aromatic N) is 3. The smallest absolute Gasteiger partial charge is 0.267 e. The molecule has 2 aromatic rings. The molecule has 0 heterocycles. The van der Waals surface area contributed by atoms with Crippen LogP contribution in [0.4, 0.5) is 11.4 Å². The summed E-state index contributed by atoms with van der Waals surface area (Å²) in [5.41, 5.74) is 2.89. The zero-order chi connectivity index (χ0) is 21.9. The third-order valence-electron chi connectivity index (χ3n) is 4.20. The Labute approximate surface area is 173 Å². The van der Waals surface area contributed by atoms with Crippen molar-refractivity contribution in [2.24, 2.45) is 5.10 Å². The predicted octanol–water partition coefficient (Wildman–Crippen LogP) is 4.88. The number of nitrogens with one attached hydrogen (secondary N) is 1. The summed E-state index contributed by atoms with van der Waals surface area (Å²) in [4.78, 5) is 32.7. The van der Waals surface area contributed by atoms with Crippen LogP contribution in [-0.2, 0) is 0 Å². The maximum absolute atomic E-state index is 12.3. The second-order valence-corrected chi connectivity index (χ2v) is 6.54. The number of nitro benzene ring substituents is 2. The number of hydrazone groups is 1. The zero-order valence-corrected chi connectivity index (χ0v) is 16.5. The van der Waals surface area contributed by atoms with Crippen molar-refractivity contribution in [2.75, 3.05) is 0 Å². The fourth-order valence-electron chi connectivity index (χ4n) is 2.69. The first-order chi connectivity index (χ1) is 14.4. The van der Waals surface area contributed by atoms with Crippen molar-refractivity contribution in [1.29, 1.82) is 0 Å². The van der Waals surface area contributed by atoms with E-state index >= 15 is 0 Å². The second kappa shape index (κ2) is 11.2. The number of rotatable bonds is 10. The molecule has 0 atom stereocenters. The molecule has 9 heteroatoms. The van der Waals surface area contributed by atoms with Crippen LogP contribution in [0.25, 0.3) is 6.08 Å². The Hall–Kier alpha value is -3.88. The molecule has 0 radical (unpaired) electrons. The van der Waals surface area contributed by atoms with Crippen LogP contribution in [0.15, 0.2) is 59.2 Å². The molecule has 30 heavy (non-hydrogen) atoms. The van der Waals surface area contributed by atoms with Gasteiger partial charge in [-0.3, -0.25) is 25.0 Å². The highest BCUT2D eigenvalue weighted by Gasteiger charge is 2.19. The Morgan fingerprint density at radius 3 is 2.23 bits per heavy atom. The lowest BCUT2D eigenvalue weighted by atomic mass is 10.1. The topological polar surface area (TPSA) is 128 Å². The number of nitro groups is 2. The quantitative estimate of drug-likeness (QED) is 0.258. The Bertz CT molecular complexity index is 938. The van der Waals surface area contributed by atoms with E-state index in [0.29, 0.717) is 0 Å². The molecule has 0 aromatic heterocycles. The number of hydrogen-bond acceptors (Lipinski definition) is 6. The van der Waals surface area contributed by atoms with Crippen LogP contribution < -0.4 is 5.43 Å². The average molecular weight is 410 g/mol. The Kier molecular flexibility index (Phi) is 8.37. The van der Waals surface area contributed by atoms with Crippen molar-refractivity contribution in [2.45, 2.75) is 32.6 Å². The summed E-state index contributed by atoms with van der Waals surface area (Å²) >= 11 is 0. The van der Waals surface area contributed by atoms with Crippen molar-refractivity contribution in [3.05, 3.63) is 85.5 Å². The maximum Gasteiger partial charge on any atom is 0.277 e. The fourth-order valence-corrected chi connectivity index (χ4v) is 2.69. The second-order valence-electron chi connectivity index (χ2n) is 6.54. The van der Waals surface area contributed by atoms with Crippen LogP contribution in [0.3, 0.4) is 0 Å². The summed E-state index contributed by atoms with van der Waals surface area (Å²) in [6.45, 7) is 2.10. The standard InChI is InChI=1S/C21H22N4O5/c1-2-3-5-10-17(11-16-8-6-4-7-9-16)15-22-23-21(26)18-12-19(24(27)28)14-20(13-18)25(29)30/h4,6-9,11-15H,2-3,5,10H2,1H3,(H,23,26)/b17-11-,22-15+. The van der Waals surface area contributed by atoms with E-state index in [0.717, 1.165) is 55.0 Å². The van der Waals surface area contributed by atoms with Crippen LogP contribution in [0, 0.1) is 20.2 Å². The molecule has 0 aliphatic carbocycles. The molecule has 0 unspecified atom stereocenters. The molecule has 0 aliphatic rings. The molecule has 1 N–H and O–H groups in total. The minimum atomic E-state index is -0.790. The zero-order valence-electron chi connectivity index (χ0n) is 16.5. The molecule has 0 aliphatic heterocycles. The highest BCUT2D eigenvalue weighted by molar-refractivity contribution is 5.96. The minimum Gasteiger partial charge on any atom is -0.267 e. The molecule has 0 fully saturated rings. The van der Waals surface area contributed by atoms with Gasteiger partial charge in [-0.25, -0.2) is 5.43 Å². The van der Waals surface area contributed by atoms with E-state index in [2.05, 4.69) is 17.5 Å². The molecule has 156 valence electrons. The summed E-state index contributed by atoms with van der Waals surface area (Å²) in [5.74, 6) is -0.773. The predicted molar refractivity (Wildman–Crippen MR) is 114 cm³/mol. The van der Waals surface area contributed by atoms with E-state index in [1.807, 2.05) is 36.4 Å². The average Bonchev–Trinajstić information content (AvgIpc) is 2.74. The molecule has 0 saturated carbocycles. The molecular formula is C21H22N4O5. The summed E-state index contributed by atoms with van der Waals surface area (Å²) in [7, 11) is 0. The summed E-state index contributed by atoms with van der Waals surface area (Å²) in [5, 5.41) is 25.9. The molecule has 1 amide bonds. The van der Waals surface area contributed by atoms with Gasteiger partial charge in [0.25, 0.3) is 17.3 Å². The van der Waals surface area contributed by atoms with E-state index in [9.17, 15) is 25.0 Å². The van der Waals surface area contributed by atoms with Crippen LogP contribution in [0.1, 0.15) is 48.5 Å². The summed E-state index contributed by atoms with van der Waals surface area (Å²) < 4.78 is 0. The highest BCUT2D eigenvalue weighted by Crippen LogP contribution is 2.22. The number of benzene rings is 2. The number of unbranched alkanes of at least 4 members (excludes halogenated alkanes) is 2. The number of carbonyl (C=O) groups excluding carboxylic acids is 1. The molecule has 0 bridgehead atoms. The summed E-state index contributed by atoms with van der Waals surface area (Å²) in [6, 6.07) is 12.4. The number of amides is 1. The number of hydrogen-bond donors (Lipinski definition) is 1. The van der Waals surface area contributed by atoms with Gasteiger partial charge in [0.15, 0.2) is 0 Å². The number of non-ortho nitro benzene ring substituents is 2.